The molecular formula is C10H19N2O4PS3. The molecule has 0 saturated carbocycles. The highest BCUT2D eigenvalue weighted by Gasteiger charge is 2.20. The third-order valence-corrected chi connectivity index (χ3v) is 7.91. The van der Waals surface area contributed by atoms with E-state index in [1.54, 1.807) is 0 Å². The zero-order valence-electron chi connectivity index (χ0n) is 11.9. The lowest BCUT2D eigenvalue weighted by Gasteiger charge is -2.19. The van der Waals surface area contributed by atoms with E-state index in [9.17, 15) is 4.79 Å². The second kappa shape index (κ2) is 8.51. The summed E-state index contributed by atoms with van der Waals surface area (Å²) in [5.74, 6) is 0.300. The second-order valence-electron chi connectivity index (χ2n) is 3.84. The first-order valence-corrected chi connectivity index (χ1v) is 11.2. The maximum Gasteiger partial charge on any atom is 0.329 e. The van der Waals surface area contributed by atoms with E-state index in [0.29, 0.717) is 24.3 Å². The summed E-state index contributed by atoms with van der Waals surface area (Å²) in [6.45, 7) is 8.47. The highest BCUT2D eigenvalue weighted by atomic mass is 32.9. The quantitative estimate of drug-likeness (QED) is 0.629. The van der Waals surface area contributed by atoms with Crippen molar-refractivity contribution >= 4 is 40.2 Å². The lowest BCUT2D eigenvalue weighted by Crippen LogP contribution is -2.13. The van der Waals surface area contributed by atoms with Gasteiger partial charge in [-0.3, -0.25) is 4.79 Å². The van der Waals surface area contributed by atoms with Crippen LogP contribution < -0.4 is 9.61 Å². The summed E-state index contributed by atoms with van der Waals surface area (Å²) in [6, 6.07) is 0. The molecule has 1 heterocycles. The number of ether oxygens (including phenoxy) is 1. The predicted octanol–water partition coefficient (Wildman–Crippen LogP) is 3.08. The molecule has 0 amide bonds. The third-order valence-electron chi connectivity index (χ3n) is 1.84. The molecule has 0 unspecified atom stereocenters. The zero-order valence-corrected chi connectivity index (χ0v) is 15.2. The van der Waals surface area contributed by atoms with Gasteiger partial charge in [0.2, 0.25) is 5.69 Å². The van der Waals surface area contributed by atoms with Gasteiger partial charge in [-0.1, -0.05) is 0 Å². The first kappa shape index (κ1) is 18.1. The summed E-state index contributed by atoms with van der Waals surface area (Å²) >= 11 is 7.66. The fourth-order valence-corrected chi connectivity index (χ4v) is 6.16. The fourth-order valence-electron chi connectivity index (χ4n) is 1.17. The molecule has 0 atom stereocenters. The molecule has 0 fully saturated rings. The van der Waals surface area contributed by atoms with Gasteiger partial charge in [0.1, 0.15) is 5.88 Å². The smallest absolute Gasteiger partial charge is 0.329 e. The van der Waals surface area contributed by atoms with Crippen LogP contribution in [-0.2, 0) is 26.7 Å². The van der Waals surface area contributed by atoms with Crippen molar-refractivity contribution in [2.75, 3.05) is 13.2 Å². The van der Waals surface area contributed by atoms with Gasteiger partial charge in [-0.05, 0) is 62.2 Å². The van der Waals surface area contributed by atoms with E-state index in [1.165, 1.54) is 16.1 Å². The fraction of sp³-hybridized carbons (Fsp3) is 0.800. The maximum atomic E-state index is 11.8. The van der Waals surface area contributed by atoms with Gasteiger partial charge in [0.05, 0.1) is 19.3 Å². The van der Waals surface area contributed by atoms with E-state index < -0.39 is 5.69 Å². The normalized spacial score (nSPS) is 12.1. The van der Waals surface area contributed by atoms with E-state index >= 15 is 0 Å². The molecule has 1 rings (SSSR count). The van der Waals surface area contributed by atoms with Gasteiger partial charge in [0, 0.05) is 0 Å². The van der Waals surface area contributed by atoms with E-state index in [-0.39, 0.29) is 11.0 Å². The molecule has 1 aromatic rings. The lowest BCUT2D eigenvalue weighted by atomic mass is 10.5. The Bertz CT molecular complexity index is 507. The minimum Gasteiger partial charge on any atom is -0.466 e. The van der Waals surface area contributed by atoms with E-state index in [0.717, 1.165) is 11.3 Å². The highest BCUT2D eigenvalue weighted by molar-refractivity contribution is 8.67. The molecule has 20 heavy (non-hydrogen) atoms. The summed E-state index contributed by atoms with van der Waals surface area (Å²) < 4.78 is 17.7. The predicted molar refractivity (Wildman–Crippen MR) is 87.3 cm³/mol. The molecule has 0 aliphatic heterocycles. The topological polar surface area (TPSA) is 62.6 Å². The van der Waals surface area contributed by atoms with Gasteiger partial charge in [0.15, 0.2) is 0 Å². The first-order chi connectivity index (χ1) is 9.40. The van der Waals surface area contributed by atoms with Crippen LogP contribution in [0.25, 0.3) is 0 Å². The van der Waals surface area contributed by atoms with Crippen molar-refractivity contribution < 1.29 is 13.8 Å². The molecule has 116 valence electrons. The second-order valence-corrected chi connectivity index (χ2v) is 11.0. The van der Waals surface area contributed by atoms with Crippen molar-refractivity contribution in [3.05, 3.63) is 9.67 Å². The van der Waals surface area contributed by atoms with Crippen molar-refractivity contribution in [2.24, 2.45) is 0 Å². The largest absolute Gasteiger partial charge is 0.466 e. The van der Waals surface area contributed by atoms with Crippen LogP contribution in [0, 0.1) is 0 Å². The molecule has 0 aliphatic rings. The molecule has 0 radical (unpaired) electrons. The van der Waals surface area contributed by atoms with E-state index in [1.807, 2.05) is 27.7 Å². The Kier molecular flexibility index (Phi) is 7.71. The Morgan fingerprint density at radius 2 is 2.00 bits per heavy atom. The van der Waals surface area contributed by atoms with Crippen molar-refractivity contribution in [3.8, 4) is 5.19 Å². The number of hydrogen-bond acceptors (Lipinski definition) is 8. The standard InChI is InChI=1S/C10H19N2O4PS3/c1-5-14-17(18,15-6-2)19-7-12-10(13)20-9(11-12)16-8(3)4/h8H,5-7H2,1-4H3. The van der Waals surface area contributed by atoms with Gasteiger partial charge >= 0.3 is 4.87 Å². The molecule has 1 aromatic heterocycles. The van der Waals surface area contributed by atoms with Crippen LogP contribution in [0.3, 0.4) is 0 Å². The van der Waals surface area contributed by atoms with Gasteiger partial charge < -0.3 is 13.8 Å². The average molecular weight is 358 g/mol. The SMILES string of the molecule is CCOP(=S)(OCC)SCn1nc(OC(C)C)sc1=O. The Morgan fingerprint density at radius 3 is 2.50 bits per heavy atom. The van der Waals surface area contributed by atoms with E-state index in [4.69, 9.17) is 25.6 Å². The Morgan fingerprint density at radius 1 is 1.40 bits per heavy atom. The Balaban J connectivity index is 2.71. The van der Waals surface area contributed by atoms with Crippen LogP contribution in [0.15, 0.2) is 4.79 Å². The van der Waals surface area contributed by atoms with Crippen LogP contribution in [-0.4, -0.2) is 29.1 Å². The monoisotopic (exact) mass is 358 g/mol. The van der Waals surface area contributed by atoms with Gasteiger partial charge in [-0.25, -0.2) is 4.68 Å². The molecule has 0 saturated heterocycles. The Labute approximate surface area is 131 Å². The zero-order chi connectivity index (χ0) is 15.2. The average Bonchev–Trinajstić information content (AvgIpc) is 2.67. The highest BCUT2D eigenvalue weighted by Crippen LogP contribution is 2.61. The lowest BCUT2D eigenvalue weighted by molar-refractivity contribution is 0.237. The molecule has 6 nitrogen and oxygen atoms in total. The molecular weight excluding hydrogens is 339 g/mol. The summed E-state index contributed by atoms with van der Waals surface area (Å²) in [5.41, 5.74) is -2.41. The van der Waals surface area contributed by atoms with Gasteiger partial charge in [-0.15, -0.1) is 5.10 Å². The number of aromatic nitrogens is 2. The van der Waals surface area contributed by atoms with Crippen LogP contribution >= 0.6 is 28.4 Å². The van der Waals surface area contributed by atoms with Crippen LogP contribution in [0.4, 0.5) is 0 Å². The summed E-state index contributed by atoms with van der Waals surface area (Å²) in [4.78, 5) is 11.6. The molecule has 0 aromatic carbocycles. The van der Waals surface area contributed by atoms with Crippen LogP contribution in [0.5, 0.6) is 5.19 Å². The Hall–Kier alpha value is 0.0800. The molecule has 0 bridgehead atoms. The van der Waals surface area contributed by atoms with Crippen molar-refractivity contribution in [1.29, 1.82) is 0 Å². The number of rotatable bonds is 9. The molecule has 0 spiro atoms. The minimum absolute atomic E-state index is 0.0148. The first-order valence-electron chi connectivity index (χ1n) is 6.18. The summed E-state index contributed by atoms with van der Waals surface area (Å²) in [7, 11) is 0. The van der Waals surface area contributed by atoms with Crippen molar-refractivity contribution in [2.45, 2.75) is 39.7 Å². The van der Waals surface area contributed by atoms with Gasteiger partial charge in [0.25, 0.3) is 5.19 Å². The minimum atomic E-state index is -2.41. The summed E-state index contributed by atoms with van der Waals surface area (Å²) in [5, 5.41) is 4.48. The number of hydrogen-bond donors (Lipinski definition) is 0. The van der Waals surface area contributed by atoms with Gasteiger partial charge in [-0.2, -0.15) is 0 Å². The third kappa shape index (κ3) is 5.83. The van der Waals surface area contributed by atoms with E-state index in [2.05, 4.69) is 5.10 Å². The maximum absolute atomic E-state index is 11.8. The molecule has 0 aliphatic carbocycles. The molecule has 10 heteroatoms. The van der Waals surface area contributed by atoms with Crippen LogP contribution in [0.2, 0.25) is 0 Å². The van der Waals surface area contributed by atoms with Crippen molar-refractivity contribution in [3.63, 3.8) is 0 Å². The van der Waals surface area contributed by atoms with Crippen LogP contribution in [0.1, 0.15) is 27.7 Å². The summed E-state index contributed by atoms with van der Waals surface area (Å²) in [6.07, 6.45) is -0.0148. The van der Waals surface area contributed by atoms with Crippen molar-refractivity contribution in [1.82, 2.24) is 9.78 Å². The number of nitrogens with zero attached hydrogens (tertiary/aromatic N) is 2. The molecule has 0 N–H and O–H groups in total.